The SMILES string of the molecule is Cc1[nH]nc(-c2ccc(C(C)(C)C)cc2)c1NC(=O)c1ccccc1F. The largest absolute Gasteiger partial charge is 0.318 e. The van der Waals surface area contributed by atoms with E-state index < -0.39 is 11.7 Å². The number of nitrogens with one attached hydrogen (secondary N) is 2. The van der Waals surface area contributed by atoms with Crippen molar-refractivity contribution in [3.05, 3.63) is 71.2 Å². The summed E-state index contributed by atoms with van der Waals surface area (Å²) in [5, 5.41) is 9.99. The molecule has 0 aliphatic carbocycles. The predicted octanol–water partition coefficient (Wildman–Crippen LogP) is 5.07. The number of nitrogens with zero attached hydrogens (tertiary/aromatic N) is 1. The first-order valence-electron chi connectivity index (χ1n) is 8.49. The number of aryl methyl sites for hydroxylation is 1. The second-order valence-electron chi connectivity index (χ2n) is 7.33. The Labute approximate surface area is 152 Å². The molecule has 5 heteroatoms. The van der Waals surface area contributed by atoms with Crippen molar-refractivity contribution in [3.8, 4) is 11.3 Å². The number of hydrogen-bond acceptors (Lipinski definition) is 2. The Morgan fingerprint density at radius 3 is 2.35 bits per heavy atom. The van der Waals surface area contributed by atoms with E-state index in [-0.39, 0.29) is 11.0 Å². The van der Waals surface area contributed by atoms with Crippen LogP contribution in [0, 0.1) is 12.7 Å². The van der Waals surface area contributed by atoms with Gasteiger partial charge in [-0.1, -0.05) is 57.2 Å². The van der Waals surface area contributed by atoms with Gasteiger partial charge in [-0.25, -0.2) is 4.39 Å². The molecule has 1 amide bonds. The number of rotatable bonds is 3. The van der Waals surface area contributed by atoms with Gasteiger partial charge in [-0.3, -0.25) is 9.89 Å². The summed E-state index contributed by atoms with van der Waals surface area (Å²) in [5.74, 6) is -1.05. The Morgan fingerprint density at radius 2 is 1.73 bits per heavy atom. The Hall–Kier alpha value is -2.95. The molecule has 134 valence electrons. The van der Waals surface area contributed by atoms with Crippen LogP contribution in [-0.4, -0.2) is 16.1 Å². The number of amides is 1. The lowest BCUT2D eigenvalue weighted by Gasteiger charge is -2.19. The zero-order valence-corrected chi connectivity index (χ0v) is 15.4. The van der Waals surface area contributed by atoms with E-state index in [4.69, 9.17) is 0 Å². The molecule has 0 saturated heterocycles. The van der Waals surface area contributed by atoms with Gasteiger partial charge in [0.25, 0.3) is 5.91 Å². The van der Waals surface area contributed by atoms with Crippen LogP contribution in [0.5, 0.6) is 0 Å². The maximum atomic E-state index is 13.9. The summed E-state index contributed by atoms with van der Waals surface area (Å²) in [4.78, 5) is 12.5. The number of H-pyrrole nitrogens is 1. The van der Waals surface area contributed by atoms with E-state index in [0.717, 1.165) is 5.56 Å². The molecule has 2 aromatic carbocycles. The highest BCUT2D eigenvalue weighted by atomic mass is 19.1. The summed E-state index contributed by atoms with van der Waals surface area (Å²) in [6, 6.07) is 14.0. The van der Waals surface area contributed by atoms with Crippen LogP contribution in [0.15, 0.2) is 48.5 Å². The molecule has 0 atom stereocenters. The van der Waals surface area contributed by atoms with Crippen LogP contribution in [-0.2, 0) is 5.41 Å². The van der Waals surface area contributed by atoms with Crippen molar-refractivity contribution < 1.29 is 9.18 Å². The van der Waals surface area contributed by atoms with E-state index in [0.29, 0.717) is 17.1 Å². The van der Waals surface area contributed by atoms with Gasteiger partial charge in [-0.05, 0) is 30.0 Å². The standard InChI is InChI=1S/C21H22FN3O/c1-13-18(23-20(26)16-7-5-6-8-17(16)22)19(25-24-13)14-9-11-15(12-10-14)21(2,3)4/h5-12H,1-4H3,(H,23,26)(H,24,25). The number of anilines is 1. The highest BCUT2D eigenvalue weighted by Crippen LogP contribution is 2.31. The molecule has 0 aliphatic heterocycles. The van der Waals surface area contributed by atoms with Crippen LogP contribution in [0.25, 0.3) is 11.3 Å². The van der Waals surface area contributed by atoms with Gasteiger partial charge >= 0.3 is 0 Å². The van der Waals surface area contributed by atoms with E-state index in [1.54, 1.807) is 12.1 Å². The quantitative estimate of drug-likeness (QED) is 0.692. The van der Waals surface area contributed by atoms with Crippen LogP contribution in [0.3, 0.4) is 0 Å². The van der Waals surface area contributed by atoms with E-state index in [2.05, 4.69) is 48.4 Å². The molecule has 2 N–H and O–H groups in total. The second-order valence-corrected chi connectivity index (χ2v) is 7.33. The normalized spacial score (nSPS) is 11.4. The number of carbonyl (C=O) groups is 1. The summed E-state index contributed by atoms with van der Waals surface area (Å²) in [5.41, 5.74) is 4.06. The van der Waals surface area contributed by atoms with E-state index in [1.807, 2.05) is 19.1 Å². The number of aromatic nitrogens is 2. The third-order valence-electron chi connectivity index (χ3n) is 4.33. The number of benzene rings is 2. The maximum Gasteiger partial charge on any atom is 0.258 e. The topological polar surface area (TPSA) is 57.8 Å². The average Bonchev–Trinajstić information content (AvgIpc) is 2.95. The molecule has 1 heterocycles. The molecule has 1 aromatic heterocycles. The number of carbonyl (C=O) groups excluding carboxylic acids is 1. The van der Waals surface area contributed by atoms with Gasteiger partial charge in [0.05, 0.1) is 16.9 Å². The molecule has 0 saturated carbocycles. The fourth-order valence-corrected chi connectivity index (χ4v) is 2.75. The van der Waals surface area contributed by atoms with Gasteiger partial charge in [0, 0.05) is 5.56 Å². The highest BCUT2D eigenvalue weighted by Gasteiger charge is 2.19. The molecule has 0 unspecified atom stereocenters. The molecular weight excluding hydrogens is 329 g/mol. The minimum atomic E-state index is -0.553. The summed E-state index contributed by atoms with van der Waals surface area (Å²) >= 11 is 0. The Bertz CT molecular complexity index is 937. The van der Waals surface area contributed by atoms with Gasteiger partial charge in [-0.15, -0.1) is 0 Å². The lowest BCUT2D eigenvalue weighted by Crippen LogP contribution is -2.14. The molecule has 0 aliphatic rings. The summed E-state index contributed by atoms with van der Waals surface area (Å²) in [6.45, 7) is 8.28. The van der Waals surface area contributed by atoms with E-state index in [9.17, 15) is 9.18 Å². The predicted molar refractivity (Wildman–Crippen MR) is 102 cm³/mol. The van der Waals surface area contributed by atoms with Crippen LogP contribution < -0.4 is 5.32 Å². The third kappa shape index (κ3) is 3.52. The van der Waals surface area contributed by atoms with Gasteiger partial charge in [0.15, 0.2) is 0 Å². The smallest absolute Gasteiger partial charge is 0.258 e. The van der Waals surface area contributed by atoms with Crippen molar-refractivity contribution in [2.45, 2.75) is 33.1 Å². The monoisotopic (exact) mass is 351 g/mol. The van der Waals surface area contributed by atoms with Crippen LogP contribution in [0.4, 0.5) is 10.1 Å². The summed E-state index contributed by atoms with van der Waals surface area (Å²) < 4.78 is 13.9. The molecule has 0 radical (unpaired) electrons. The van der Waals surface area contributed by atoms with Crippen LogP contribution >= 0.6 is 0 Å². The van der Waals surface area contributed by atoms with Crippen molar-refractivity contribution in [1.29, 1.82) is 0 Å². The fraction of sp³-hybridized carbons (Fsp3) is 0.238. The second kappa shape index (κ2) is 6.75. The molecule has 26 heavy (non-hydrogen) atoms. The molecule has 0 bridgehead atoms. The van der Waals surface area contributed by atoms with E-state index in [1.165, 1.54) is 17.7 Å². The number of aromatic amines is 1. The molecule has 3 rings (SSSR count). The average molecular weight is 351 g/mol. The highest BCUT2D eigenvalue weighted by molar-refractivity contribution is 6.06. The first kappa shape index (κ1) is 17.9. The minimum absolute atomic E-state index is 0.00197. The fourth-order valence-electron chi connectivity index (χ4n) is 2.75. The van der Waals surface area contributed by atoms with Gasteiger partial charge < -0.3 is 5.32 Å². The Kier molecular flexibility index (Phi) is 4.64. The number of halogens is 1. The van der Waals surface area contributed by atoms with Gasteiger partial charge in [0.2, 0.25) is 0 Å². The lowest BCUT2D eigenvalue weighted by molar-refractivity contribution is 0.102. The molecule has 3 aromatic rings. The summed E-state index contributed by atoms with van der Waals surface area (Å²) in [7, 11) is 0. The zero-order chi connectivity index (χ0) is 18.9. The van der Waals surface area contributed by atoms with Crippen molar-refractivity contribution in [1.82, 2.24) is 10.2 Å². The summed E-state index contributed by atoms with van der Waals surface area (Å²) in [6.07, 6.45) is 0. The zero-order valence-electron chi connectivity index (χ0n) is 15.4. The van der Waals surface area contributed by atoms with Gasteiger partial charge in [-0.2, -0.15) is 5.10 Å². The molecular formula is C21H22FN3O. The van der Waals surface area contributed by atoms with Crippen molar-refractivity contribution in [2.24, 2.45) is 0 Å². The lowest BCUT2D eigenvalue weighted by atomic mass is 9.86. The van der Waals surface area contributed by atoms with E-state index >= 15 is 0 Å². The molecule has 4 nitrogen and oxygen atoms in total. The first-order chi connectivity index (χ1) is 12.3. The first-order valence-corrected chi connectivity index (χ1v) is 8.49. The van der Waals surface area contributed by atoms with Crippen LogP contribution in [0.2, 0.25) is 0 Å². The van der Waals surface area contributed by atoms with Crippen molar-refractivity contribution in [2.75, 3.05) is 5.32 Å². The third-order valence-corrected chi connectivity index (χ3v) is 4.33. The number of hydrogen-bond donors (Lipinski definition) is 2. The minimum Gasteiger partial charge on any atom is -0.318 e. The van der Waals surface area contributed by atoms with Gasteiger partial charge in [0.1, 0.15) is 11.5 Å². The molecule has 0 spiro atoms. The van der Waals surface area contributed by atoms with Crippen molar-refractivity contribution in [3.63, 3.8) is 0 Å². The Morgan fingerprint density at radius 1 is 1.08 bits per heavy atom. The van der Waals surface area contributed by atoms with Crippen LogP contribution in [0.1, 0.15) is 42.4 Å². The maximum absolute atomic E-state index is 13.9. The van der Waals surface area contributed by atoms with Crippen molar-refractivity contribution >= 4 is 11.6 Å². The Balaban J connectivity index is 1.92. The molecule has 0 fully saturated rings.